The van der Waals surface area contributed by atoms with E-state index in [9.17, 15) is 4.21 Å². The first-order valence-corrected chi connectivity index (χ1v) is 6.99. The van der Waals surface area contributed by atoms with Gasteiger partial charge in [0.15, 0.2) is 0 Å². The van der Waals surface area contributed by atoms with Crippen LogP contribution in [0.5, 0.6) is 5.75 Å². The molecule has 0 bridgehead atoms. The topological polar surface area (TPSA) is 52.3 Å². The largest absolute Gasteiger partial charge is 0.497 e. The number of rotatable bonds is 4. The van der Waals surface area contributed by atoms with Crippen molar-refractivity contribution in [1.82, 2.24) is 0 Å². The Morgan fingerprint density at radius 1 is 1.10 bits per heavy atom. The maximum atomic E-state index is 12.1. The van der Waals surface area contributed by atoms with Gasteiger partial charge in [0.05, 0.1) is 17.9 Å². The minimum Gasteiger partial charge on any atom is -0.497 e. The van der Waals surface area contributed by atoms with Gasteiger partial charge in [0.2, 0.25) is 0 Å². The molecule has 106 valence electrons. The van der Waals surface area contributed by atoms with Crippen molar-refractivity contribution < 1.29 is 8.95 Å². The highest BCUT2D eigenvalue weighted by atomic mass is 35.5. The molecule has 0 saturated carbocycles. The average molecular weight is 310 g/mol. The lowest BCUT2D eigenvalue weighted by Crippen LogP contribution is -1.90. The van der Waals surface area contributed by atoms with Crippen LogP contribution >= 0.6 is 12.4 Å². The first kappa shape index (κ1) is 16.3. The molecule has 3 nitrogen and oxygen atoms in total. The Hall–Kier alpha value is -1.78. The van der Waals surface area contributed by atoms with Crippen LogP contribution in [0.15, 0.2) is 58.8 Å². The van der Waals surface area contributed by atoms with Crippen LogP contribution in [0.2, 0.25) is 0 Å². The lowest BCUT2D eigenvalue weighted by molar-refractivity contribution is 0.414. The van der Waals surface area contributed by atoms with E-state index in [1.807, 2.05) is 24.3 Å². The number of para-hydroxylation sites is 1. The van der Waals surface area contributed by atoms with Gasteiger partial charge in [0.25, 0.3) is 0 Å². The van der Waals surface area contributed by atoms with Gasteiger partial charge in [-0.05, 0) is 42.0 Å². The first-order chi connectivity index (χ1) is 9.20. The van der Waals surface area contributed by atoms with Gasteiger partial charge in [-0.15, -0.1) is 12.4 Å². The van der Waals surface area contributed by atoms with Crippen LogP contribution in [0.1, 0.15) is 5.56 Å². The quantitative estimate of drug-likeness (QED) is 0.880. The highest BCUT2D eigenvalue weighted by Crippen LogP contribution is 2.17. The maximum Gasteiger partial charge on any atom is 0.118 e. The summed E-state index contributed by atoms with van der Waals surface area (Å²) < 4.78 is 17.1. The van der Waals surface area contributed by atoms with Crippen LogP contribution in [0.3, 0.4) is 0 Å². The Morgan fingerprint density at radius 3 is 2.35 bits per heavy atom. The number of nitrogen functional groups attached to an aromatic ring is 1. The van der Waals surface area contributed by atoms with Crippen LogP contribution in [-0.2, 0) is 10.8 Å². The van der Waals surface area contributed by atoms with Gasteiger partial charge in [-0.2, -0.15) is 0 Å². The molecule has 2 rings (SSSR count). The van der Waals surface area contributed by atoms with E-state index in [0.29, 0.717) is 5.69 Å². The molecule has 20 heavy (non-hydrogen) atoms. The number of methoxy groups -OCH3 is 1. The fraction of sp³-hybridized carbons (Fsp3) is 0.0667. The van der Waals surface area contributed by atoms with Crippen molar-refractivity contribution in [1.29, 1.82) is 0 Å². The number of hydrogen-bond acceptors (Lipinski definition) is 3. The molecule has 0 spiro atoms. The second-order valence-electron chi connectivity index (χ2n) is 3.90. The summed E-state index contributed by atoms with van der Waals surface area (Å²) in [6.07, 6.45) is 1.77. The van der Waals surface area contributed by atoms with Crippen molar-refractivity contribution in [3.8, 4) is 5.75 Å². The van der Waals surface area contributed by atoms with E-state index in [-0.39, 0.29) is 12.4 Å². The van der Waals surface area contributed by atoms with Crippen molar-refractivity contribution in [2.24, 2.45) is 0 Å². The molecule has 2 aromatic rings. The van der Waals surface area contributed by atoms with Crippen molar-refractivity contribution >= 4 is 35.0 Å². The summed E-state index contributed by atoms with van der Waals surface area (Å²) >= 11 is 0. The zero-order valence-corrected chi connectivity index (χ0v) is 12.6. The van der Waals surface area contributed by atoms with Crippen LogP contribution in [0.4, 0.5) is 5.69 Å². The third-order valence-electron chi connectivity index (χ3n) is 2.66. The zero-order chi connectivity index (χ0) is 13.7. The highest BCUT2D eigenvalue weighted by Gasteiger charge is 2.00. The minimum absolute atomic E-state index is 0. The molecule has 0 aliphatic heterocycles. The van der Waals surface area contributed by atoms with E-state index in [0.717, 1.165) is 16.2 Å². The van der Waals surface area contributed by atoms with Gasteiger partial charge in [-0.25, -0.2) is 4.21 Å². The molecule has 0 saturated heterocycles. The monoisotopic (exact) mass is 309 g/mol. The average Bonchev–Trinajstić information content (AvgIpc) is 2.46. The molecule has 0 aliphatic carbocycles. The lowest BCUT2D eigenvalue weighted by Gasteiger charge is -2.01. The molecule has 1 atom stereocenters. The van der Waals surface area contributed by atoms with E-state index >= 15 is 0 Å². The SMILES string of the molecule is COc1ccc(S(=O)/C=C/c2ccccc2N)cc1.Cl. The molecule has 5 heteroatoms. The van der Waals surface area contributed by atoms with Crippen LogP contribution in [-0.4, -0.2) is 11.3 Å². The molecule has 2 N–H and O–H groups in total. The number of halogens is 1. The van der Waals surface area contributed by atoms with E-state index in [1.165, 1.54) is 0 Å². The standard InChI is InChI=1S/C15H15NO2S.ClH/c1-18-13-6-8-14(9-7-13)19(17)11-10-12-4-2-3-5-15(12)16;/h2-11H,16H2,1H3;1H/b11-10+;. The third-order valence-corrected chi connectivity index (χ3v) is 3.78. The summed E-state index contributed by atoms with van der Waals surface area (Å²) in [7, 11) is 0.407. The molecule has 1 unspecified atom stereocenters. The zero-order valence-electron chi connectivity index (χ0n) is 11.0. The normalized spacial score (nSPS) is 11.8. The summed E-state index contributed by atoms with van der Waals surface area (Å²) in [6, 6.07) is 14.6. The van der Waals surface area contributed by atoms with Crippen LogP contribution in [0, 0.1) is 0 Å². The Bertz CT molecular complexity index is 612. The van der Waals surface area contributed by atoms with Crippen LogP contribution < -0.4 is 10.5 Å². The number of nitrogens with two attached hydrogens (primary N) is 1. The molecule has 0 heterocycles. The van der Waals surface area contributed by atoms with Gasteiger partial charge < -0.3 is 10.5 Å². The van der Waals surface area contributed by atoms with Crippen molar-refractivity contribution in [2.75, 3.05) is 12.8 Å². The van der Waals surface area contributed by atoms with Gasteiger partial charge in [0, 0.05) is 16.0 Å². The Kier molecular flexibility index (Phi) is 6.28. The summed E-state index contributed by atoms with van der Waals surface area (Å²) in [6.45, 7) is 0. The summed E-state index contributed by atoms with van der Waals surface area (Å²) in [4.78, 5) is 0.728. The molecule has 0 radical (unpaired) electrons. The Labute approximate surface area is 127 Å². The van der Waals surface area contributed by atoms with Crippen LogP contribution in [0.25, 0.3) is 6.08 Å². The van der Waals surface area contributed by atoms with Gasteiger partial charge >= 0.3 is 0 Å². The molecular formula is C15H16ClNO2S. The first-order valence-electron chi connectivity index (χ1n) is 5.78. The van der Waals surface area contributed by atoms with Gasteiger partial charge in [-0.3, -0.25) is 0 Å². The van der Waals surface area contributed by atoms with E-state index in [1.54, 1.807) is 42.9 Å². The summed E-state index contributed by atoms with van der Waals surface area (Å²) in [5, 5.41) is 1.63. The summed E-state index contributed by atoms with van der Waals surface area (Å²) in [5.74, 6) is 0.747. The van der Waals surface area contributed by atoms with E-state index in [2.05, 4.69) is 0 Å². The predicted octanol–water partition coefficient (Wildman–Crippen LogP) is 3.48. The molecular weight excluding hydrogens is 294 g/mol. The molecule has 0 amide bonds. The maximum absolute atomic E-state index is 12.1. The van der Waals surface area contributed by atoms with E-state index < -0.39 is 10.8 Å². The predicted molar refractivity (Wildman–Crippen MR) is 86.5 cm³/mol. The fourth-order valence-electron chi connectivity index (χ4n) is 1.59. The van der Waals surface area contributed by atoms with E-state index in [4.69, 9.17) is 10.5 Å². The third kappa shape index (κ3) is 4.11. The lowest BCUT2D eigenvalue weighted by atomic mass is 10.2. The summed E-state index contributed by atoms with van der Waals surface area (Å²) in [5.41, 5.74) is 7.35. The number of ether oxygens (including phenoxy) is 1. The molecule has 0 aliphatic rings. The van der Waals surface area contributed by atoms with Crippen molar-refractivity contribution in [2.45, 2.75) is 4.90 Å². The highest BCUT2D eigenvalue weighted by molar-refractivity contribution is 7.88. The number of anilines is 1. The van der Waals surface area contributed by atoms with Gasteiger partial charge in [-0.1, -0.05) is 18.2 Å². The minimum atomic E-state index is -1.19. The Balaban J connectivity index is 0.00000200. The molecule has 2 aromatic carbocycles. The second-order valence-corrected chi connectivity index (χ2v) is 5.24. The molecule has 0 aromatic heterocycles. The van der Waals surface area contributed by atoms with Crippen molar-refractivity contribution in [3.05, 3.63) is 59.5 Å². The fourth-order valence-corrected chi connectivity index (χ4v) is 2.42. The van der Waals surface area contributed by atoms with Crippen molar-refractivity contribution in [3.63, 3.8) is 0 Å². The Morgan fingerprint density at radius 2 is 1.75 bits per heavy atom. The number of hydrogen-bond donors (Lipinski definition) is 1. The molecule has 0 fully saturated rings. The van der Waals surface area contributed by atoms with Gasteiger partial charge in [0.1, 0.15) is 5.75 Å². The second kappa shape index (κ2) is 7.72. The smallest absolute Gasteiger partial charge is 0.118 e. The number of benzene rings is 2.